The Labute approximate surface area is 115 Å². The summed E-state index contributed by atoms with van der Waals surface area (Å²) >= 11 is 1.46. The molecule has 2 aromatic heterocycles. The van der Waals surface area contributed by atoms with Gasteiger partial charge in [-0.1, -0.05) is 6.07 Å². The van der Waals surface area contributed by atoms with Gasteiger partial charge in [-0.25, -0.2) is 9.97 Å². The van der Waals surface area contributed by atoms with Crippen molar-refractivity contribution >= 4 is 28.5 Å². The summed E-state index contributed by atoms with van der Waals surface area (Å²) in [6, 6.07) is 8.05. The Kier molecular flexibility index (Phi) is 2.91. The molecule has 0 unspecified atom stereocenters. The van der Waals surface area contributed by atoms with E-state index in [1.807, 2.05) is 19.1 Å². The molecule has 0 fully saturated rings. The minimum Gasteiger partial charge on any atom is -0.396 e. The van der Waals surface area contributed by atoms with Gasteiger partial charge in [-0.05, 0) is 54.9 Å². The average Bonchev–Trinajstić information content (AvgIpc) is 2.76. The fourth-order valence-corrected chi connectivity index (χ4v) is 2.74. The van der Waals surface area contributed by atoms with Crippen molar-refractivity contribution in [1.82, 2.24) is 15.0 Å². The summed E-state index contributed by atoms with van der Waals surface area (Å²) in [7, 11) is 0. The maximum Gasteiger partial charge on any atom is 0.172 e. The Morgan fingerprint density at radius 1 is 1.21 bits per heavy atom. The van der Waals surface area contributed by atoms with E-state index in [-0.39, 0.29) is 0 Å². The van der Waals surface area contributed by atoms with Crippen LogP contribution in [0.15, 0.2) is 40.6 Å². The first-order chi connectivity index (χ1) is 9.13. The number of aromatic amines is 1. The Bertz CT molecular complexity index is 748. The minimum atomic E-state index is 0.712. The van der Waals surface area contributed by atoms with E-state index in [0.717, 1.165) is 26.8 Å². The quantitative estimate of drug-likeness (QED) is 0.749. The highest BCUT2D eigenvalue weighted by molar-refractivity contribution is 7.99. The molecule has 0 bridgehead atoms. The molecule has 0 aliphatic carbocycles. The largest absolute Gasteiger partial charge is 0.396 e. The lowest BCUT2D eigenvalue weighted by atomic mass is 10.2. The molecule has 0 amide bonds. The molecule has 3 aromatic rings. The third-order valence-corrected chi connectivity index (χ3v) is 3.89. The predicted molar refractivity (Wildman–Crippen MR) is 78.3 cm³/mol. The summed E-state index contributed by atoms with van der Waals surface area (Å²) in [5, 5.41) is 1.60. The fourth-order valence-electron chi connectivity index (χ4n) is 1.87. The number of nitrogens with zero attached hydrogens (tertiary/aromatic N) is 2. The van der Waals surface area contributed by atoms with Gasteiger partial charge in [-0.15, -0.1) is 0 Å². The Morgan fingerprint density at radius 2 is 2.05 bits per heavy atom. The maximum atomic E-state index is 6.02. The van der Waals surface area contributed by atoms with E-state index in [9.17, 15) is 0 Å². The lowest BCUT2D eigenvalue weighted by molar-refractivity contribution is 1.05. The normalized spacial score (nSPS) is 11.1. The summed E-state index contributed by atoms with van der Waals surface area (Å²) < 4.78 is 0. The molecule has 0 saturated heterocycles. The number of rotatable bonds is 2. The number of imidazole rings is 1. The lowest BCUT2D eigenvalue weighted by Gasteiger charge is -2.04. The second-order valence-corrected chi connectivity index (χ2v) is 5.49. The van der Waals surface area contributed by atoms with Crippen LogP contribution in [0.1, 0.15) is 11.1 Å². The molecule has 2 heterocycles. The zero-order valence-corrected chi connectivity index (χ0v) is 11.6. The number of fused-ring (bicyclic) bond motifs is 1. The molecular formula is C14H14N4S. The van der Waals surface area contributed by atoms with Crippen molar-refractivity contribution in [2.75, 3.05) is 5.73 Å². The van der Waals surface area contributed by atoms with Gasteiger partial charge in [0.25, 0.3) is 0 Å². The number of nitrogen functional groups attached to an aromatic ring is 1. The van der Waals surface area contributed by atoms with Gasteiger partial charge in [-0.2, -0.15) is 0 Å². The molecule has 0 spiro atoms. The number of hydrogen-bond acceptors (Lipinski definition) is 4. The minimum absolute atomic E-state index is 0.712. The number of H-pyrrole nitrogens is 1. The number of pyridine rings is 1. The first-order valence-electron chi connectivity index (χ1n) is 5.99. The highest BCUT2D eigenvalue weighted by Crippen LogP contribution is 2.31. The second kappa shape index (κ2) is 4.59. The molecule has 0 radical (unpaired) electrons. The summed E-state index contributed by atoms with van der Waals surface area (Å²) in [5.41, 5.74) is 11.0. The van der Waals surface area contributed by atoms with Crippen LogP contribution in [0.3, 0.4) is 0 Å². The van der Waals surface area contributed by atoms with E-state index >= 15 is 0 Å². The molecule has 96 valence electrons. The molecular weight excluding hydrogens is 256 g/mol. The summed E-state index contributed by atoms with van der Waals surface area (Å²) in [6.07, 6.45) is 1.76. The molecule has 0 saturated carbocycles. The topological polar surface area (TPSA) is 67.6 Å². The first kappa shape index (κ1) is 12.0. The Balaban J connectivity index is 1.99. The van der Waals surface area contributed by atoms with E-state index in [1.165, 1.54) is 17.3 Å². The van der Waals surface area contributed by atoms with E-state index in [1.54, 1.807) is 6.20 Å². The molecule has 4 nitrogen and oxygen atoms in total. The Morgan fingerprint density at radius 3 is 2.89 bits per heavy atom. The lowest BCUT2D eigenvalue weighted by Crippen LogP contribution is -1.94. The van der Waals surface area contributed by atoms with Gasteiger partial charge < -0.3 is 10.7 Å². The average molecular weight is 270 g/mol. The zero-order chi connectivity index (χ0) is 13.4. The van der Waals surface area contributed by atoms with Crippen LogP contribution < -0.4 is 5.73 Å². The molecule has 0 aliphatic rings. The van der Waals surface area contributed by atoms with Gasteiger partial charge in [0.15, 0.2) is 5.16 Å². The van der Waals surface area contributed by atoms with Gasteiger partial charge in [0.05, 0.1) is 16.7 Å². The van der Waals surface area contributed by atoms with Gasteiger partial charge >= 0.3 is 0 Å². The highest BCUT2D eigenvalue weighted by atomic mass is 32.2. The summed E-state index contributed by atoms with van der Waals surface area (Å²) in [5.74, 6) is 0. The van der Waals surface area contributed by atoms with E-state index in [2.05, 4.69) is 34.0 Å². The number of nitrogens with one attached hydrogen (secondary N) is 1. The number of hydrogen-bond donors (Lipinski definition) is 2. The number of anilines is 1. The summed E-state index contributed by atoms with van der Waals surface area (Å²) in [4.78, 5) is 12.1. The van der Waals surface area contributed by atoms with Crippen molar-refractivity contribution in [1.29, 1.82) is 0 Å². The van der Waals surface area contributed by atoms with Gasteiger partial charge in [0.2, 0.25) is 0 Å². The van der Waals surface area contributed by atoms with Crippen molar-refractivity contribution < 1.29 is 0 Å². The second-order valence-electron chi connectivity index (χ2n) is 4.51. The van der Waals surface area contributed by atoms with Crippen molar-refractivity contribution in [2.24, 2.45) is 0 Å². The smallest absolute Gasteiger partial charge is 0.172 e. The molecule has 1 aromatic carbocycles. The van der Waals surface area contributed by atoms with Crippen LogP contribution in [0.5, 0.6) is 0 Å². The number of aromatic nitrogens is 3. The zero-order valence-electron chi connectivity index (χ0n) is 10.8. The highest BCUT2D eigenvalue weighted by Gasteiger charge is 2.09. The SMILES string of the molecule is Cc1ccc2nc(Sc3nccc(C)c3N)[nH]c2c1. The first-order valence-corrected chi connectivity index (χ1v) is 6.80. The fraction of sp³-hybridized carbons (Fsp3) is 0.143. The predicted octanol–water partition coefficient (Wildman–Crippen LogP) is 3.31. The van der Waals surface area contributed by atoms with E-state index in [0.29, 0.717) is 5.69 Å². The van der Waals surface area contributed by atoms with Crippen LogP contribution in [-0.4, -0.2) is 15.0 Å². The van der Waals surface area contributed by atoms with Crippen molar-refractivity contribution in [3.63, 3.8) is 0 Å². The van der Waals surface area contributed by atoms with Crippen LogP contribution in [0.25, 0.3) is 11.0 Å². The van der Waals surface area contributed by atoms with Gasteiger partial charge in [0, 0.05) is 6.20 Å². The molecule has 0 aliphatic heterocycles. The molecule has 5 heteroatoms. The van der Waals surface area contributed by atoms with Crippen LogP contribution in [-0.2, 0) is 0 Å². The molecule has 19 heavy (non-hydrogen) atoms. The van der Waals surface area contributed by atoms with E-state index in [4.69, 9.17) is 5.73 Å². The molecule has 0 atom stereocenters. The molecule has 3 rings (SSSR count). The van der Waals surface area contributed by atoms with Crippen LogP contribution >= 0.6 is 11.8 Å². The third-order valence-electron chi connectivity index (χ3n) is 2.98. The number of benzene rings is 1. The monoisotopic (exact) mass is 270 g/mol. The van der Waals surface area contributed by atoms with Crippen molar-refractivity contribution in [3.8, 4) is 0 Å². The Hall–Kier alpha value is -2.01. The van der Waals surface area contributed by atoms with Crippen molar-refractivity contribution in [3.05, 3.63) is 41.6 Å². The van der Waals surface area contributed by atoms with Crippen molar-refractivity contribution in [2.45, 2.75) is 24.0 Å². The maximum absolute atomic E-state index is 6.02. The standard InChI is InChI=1S/C14H14N4S/c1-8-3-4-10-11(7-8)18-14(17-10)19-13-12(15)9(2)5-6-16-13/h3-7H,15H2,1-2H3,(H,17,18). The number of nitrogens with two attached hydrogens (primary N) is 1. The number of aryl methyl sites for hydroxylation is 2. The van der Waals surface area contributed by atoms with Crippen LogP contribution in [0, 0.1) is 13.8 Å². The van der Waals surface area contributed by atoms with Crippen LogP contribution in [0.4, 0.5) is 5.69 Å². The van der Waals surface area contributed by atoms with Gasteiger partial charge in [-0.3, -0.25) is 0 Å². The van der Waals surface area contributed by atoms with Gasteiger partial charge in [0.1, 0.15) is 5.03 Å². The van der Waals surface area contributed by atoms with E-state index < -0.39 is 0 Å². The third kappa shape index (κ3) is 2.29. The molecule has 3 N–H and O–H groups in total. The van der Waals surface area contributed by atoms with Crippen LogP contribution in [0.2, 0.25) is 0 Å². The summed E-state index contributed by atoms with van der Waals surface area (Å²) in [6.45, 7) is 4.04.